The fraction of sp³-hybridized carbons (Fsp3) is 0.613. The van der Waals surface area contributed by atoms with Gasteiger partial charge in [0.2, 0.25) is 17.7 Å². The molecule has 2 aliphatic heterocycles. The van der Waals surface area contributed by atoms with E-state index in [1.54, 1.807) is 24.3 Å². The van der Waals surface area contributed by atoms with E-state index in [1.165, 1.54) is 24.8 Å². The van der Waals surface area contributed by atoms with Crippen molar-refractivity contribution in [2.24, 2.45) is 5.92 Å². The Hall–Kier alpha value is -2.82. The first-order chi connectivity index (χ1) is 19.9. The number of nitrogens with one attached hydrogen (secondary N) is 3. The highest BCUT2D eigenvalue weighted by atomic mass is 32.1. The standard InChI is InChI=1S/C31H45N5O4S/c1-3-22-10-11-24-27(19-22)41-30(34-24)20-25(33-28(37)4-2)31(39)35-26(23-12-17-40-18-13-23)21-32-29(38)9-8-16-36-14-6-5-7-15-36/h8-11,19,23,25-26H,3-7,12-18,20-21H2,1-2H3,(H,32,38)(H,33,37)(H,35,39)/b9-8+/t25-,26+/m0/s1. The lowest BCUT2D eigenvalue weighted by Gasteiger charge is -2.32. The van der Waals surface area contributed by atoms with Gasteiger partial charge in [0.1, 0.15) is 6.04 Å². The second kappa shape index (κ2) is 16.0. The van der Waals surface area contributed by atoms with Crippen LogP contribution >= 0.6 is 11.3 Å². The summed E-state index contributed by atoms with van der Waals surface area (Å²) in [4.78, 5) is 45.8. The Morgan fingerprint density at radius 1 is 1.12 bits per heavy atom. The number of ether oxygens (including phenoxy) is 1. The number of carbonyl (C=O) groups excluding carboxylic acids is 3. The van der Waals surface area contributed by atoms with Crippen molar-refractivity contribution in [3.63, 3.8) is 0 Å². The van der Waals surface area contributed by atoms with Crippen molar-refractivity contribution in [1.82, 2.24) is 25.8 Å². The van der Waals surface area contributed by atoms with Crippen molar-refractivity contribution in [3.8, 4) is 0 Å². The summed E-state index contributed by atoms with van der Waals surface area (Å²) in [7, 11) is 0. The van der Waals surface area contributed by atoms with Crippen molar-refractivity contribution >= 4 is 39.3 Å². The molecule has 1 aromatic carbocycles. The van der Waals surface area contributed by atoms with Gasteiger partial charge in [0.15, 0.2) is 0 Å². The Morgan fingerprint density at radius 3 is 2.63 bits per heavy atom. The fourth-order valence-corrected chi connectivity index (χ4v) is 6.54. The van der Waals surface area contributed by atoms with Gasteiger partial charge in [-0.3, -0.25) is 19.3 Å². The van der Waals surface area contributed by atoms with Gasteiger partial charge in [0.25, 0.3) is 0 Å². The summed E-state index contributed by atoms with van der Waals surface area (Å²) in [6.07, 6.45) is 10.4. The van der Waals surface area contributed by atoms with Gasteiger partial charge in [0.05, 0.1) is 15.2 Å². The van der Waals surface area contributed by atoms with Gasteiger partial charge in [0, 0.05) is 51.3 Å². The van der Waals surface area contributed by atoms with Gasteiger partial charge in [-0.25, -0.2) is 4.98 Å². The summed E-state index contributed by atoms with van der Waals surface area (Å²) in [5.41, 5.74) is 2.14. The predicted molar refractivity (Wildman–Crippen MR) is 163 cm³/mol. The normalized spacial score (nSPS) is 18.3. The average Bonchev–Trinajstić information content (AvgIpc) is 3.41. The first-order valence-electron chi connectivity index (χ1n) is 15.2. The summed E-state index contributed by atoms with van der Waals surface area (Å²) >= 11 is 1.56. The molecule has 9 nitrogen and oxygen atoms in total. The molecule has 0 unspecified atom stereocenters. The number of carbonyl (C=O) groups is 3. The molecule has 0 spiro atoms. The molecule has 2 aliphatic rings. The SMILES string of the molecule is CCC(=O)N[C@@H](Cc1nc2ccc(CC)cc2s1)C(=O)N[C@H](CNC(=O)/C=C/CN1CCCCC1)C1CCOCC1. The van der Waals surface area contributed by atoms with Crippen molar-refractivity contribution in [3.05, 3.63) is 40.9 Å². The number of rotatable bonds is 13. The Kier molecular flexibility index (Phi) is 12.1. The molecule has 2 saturated heterocycles. The number of hydrogen-bond acceptors (Lipinski definition) is 7. The number of amides is 3. The number of benzene rings is 1. The molecular formula is C31H45N5O4S. The number of nitrogens with zero attached hydrogens (tertiary/aromatic N) is 2. The zero-order valence-corrected chi connectivity index (χ0v) is 25.3. The summed E-state index contributed by atoms with van der Waals surface area (Å²) < 4.78 is 6.63. The van der Waals surface area contributed by atoms with E-state index in [-0.39, 0.29) is 36.1 Å². The molecule has 1 aromatic heterocycles. The van der Waals surface area contributed by atoms with E-state index in [2.05, 4.69) is 39.9 Å². The number of hydrogen-bond donors (Lipinski definition) is 3. The van der Waals surface area contributed by atoms with Gasteiger partial charge in [-0.1, -0.05) is 32.4 Å². The Bertz CT molecular complexity index is 1190. The van der Waals surface area contributed by atoms with Gasteiger partial charge < -0.3 is 20.7 Å². The van der Waals surface area contributed by atoms with Gasteiger partial charge in [-0.15, -0.1) is 11.3 Å². The van der Waals surface area contributed by atoms with E-state index in [9.17, 15) is 14.4 Å². The third-order valence-corrected chi connectivity index (χ3v) is 9.04. The predicted octanol–water partition coefficient (Wildman–Crippen LogP) is 3.37. The van der Waals surface area contributed by atoms with Crippen LogP contribution in [0.1, 0.15) is 62.9 Å². The summed E-state index contributed by atoms with van der Waals surface area (Å²) in [6.45, 7) is 8.40. The Labute approximate surface area is 247 Å². The zero-order valence-electron chi connectivity index (χ0n) is 24.5. The minimum atomic E-state index is -0.754. The number of thiazole rings is 1. The third kappa shape index (κ3) is 9.61. The molecule has 3 heterocycles. The van der Waals surface area contributed by atoms with E-state index in [4.69, 9.17) is 9.72 Å². The Morgan fingerprint density at radius 2 is 1.90 bits per heavy atom. The molecule has 4 rings (SSSR count). The molecule has 3 N–H and O–H groups in total. The lowest BCUT2D eigenvalue weighted by molar-refractivity contribution is -0.129. The second-order valence-corrected chi connectivity index (χ2v) is 12.1. The highest BCUT2D eigenvalue weighted by Gasteiger charge is 2.30. The van der Waals surface area contributed by atoms with Crippen LogP contribution in [0.4, 0.5) is 0 Å². The summed E-state index contributed by atoms with van der Waals surface area (Å²) in [5.74, 6) is -0.436. The van der Waals surface area contributed by atoms with Crippen LogP contribution in [0.3, 0.4) is 0 Å². The van der Waals surface area contributed by atoms with Crippen LogP contribution in [0, 0.1) is 5.92 Å². The maximum Gasteiger partial charge on any atom is 0.243 e. The molecule has 3 amide bonds. The van der Waals surface area contributed by atoms with E-state index >= 15 is 0 Å². The summed E-state index contributed by atoms with van der Waals surface area (Å²) in [5, 5.41) is 9.87. The van der Waals surface area contributed by atoms with Gasteiger partial charge >= 0.3 is 0 Å². The quantitative estimate of drug-likeness (QED) is 0.312. The number of aryl methyl sites for hydroxylation is 1. The maximum absolute atomic E-state index is 13.6. The van der Waals surface area contributed by atoms with Crippen LogP contribution in [0.2, 0.25) is 0 Å². The molecule has 2 aromatic rings. The maximum atomic E-state index is 13.6. The first kappa shape index (κ1) is 31.1. The van der Waals surface area contributed by atoms with Gasteiger partial charge in [-0.2, -0.15) is 0 Å². The largest absolute Gasteiger partial charge is 0.381 e. The lowest BCUT2D eigenvalue weighted by atomic mass is 9.91. The first-order valence-corrected chi connectivity index (χ1v) is 16.0. The van der Waals surface area contributed by atoms with Crippen LogP contribution in [0.5, 0.6) is 0 Å². The number of aromatic nitrogens is 1. The average molecular weight is 584 g/mol. The minimum absolute atomic E-state index is 0.162. The number of fused-ring (bicyclic) bond motifs is 1. The molecule has 224 valence electrons. The molecule has 0 saturated carbocycles. The monoisotopic (exact) mass is 583 g/mol. The van der Waals surface area contributed by atoms with E-state index in [0.717, 1.165) is 54.1 Å². The molecule has 0 bridgehead atoms. The van der Waals surface area contributed by atoms with Crippen LogP contribution in [0.15, 0.2) is 30.4 Å². The topological polar surface area (TPSA) is 113 Å². The fourth-order valence-electron chi connectivity index (χ4n) is 5.46. The van der Waals surface area contributed by atoms with Crippen molar-refractivity contribution in [2.75, 3.05) is 39.4 Å². The van der Waals surface area contributed by atoms with Crippen molar-refractivity contribution < 1.29 is 19.1 Å². The number of piperidine rings is 1. The smallest absolute Gasteiger partial charge is 0.243 e. The van der Waals surface area contributed by atoms with Crippen LogP contribution in [0.25, 0.3) is 10.2 Å². The summed E-state index contributed by atoms with van der Waals surface area (Å²) in [6, 6.07) is 5.20. The van der Waals surface area contributed by atoms with Crippen molar-refractivity contribution in [1.29, 1.82) is 0 Å². The highest BCUT2D eigenvalue weighted by Crippen LogP contribution is 2.25. The molecule has 0 aliphatic carbocycles. The third-order valence-electron chi connectivity index (χ3n) is 8.00. The van der Waals surface area contributed by atoms with Crippen LogP contribution < -0.4 is 16.0 Å². The van der Waals surface area contributed by atoms with E-state index < -0.39 is 6.04 Å². The highest BCUT2D eigenvalue weighted by molar-refractivity contribution is 7.18. The molecule has 41 heavy (non-hydrogen) atoms. The lowest BCUT2D eigenvalue weighted by Crippen LogP contribution is -2.55. The molecule has 2 fully saturated rings. The van der Waals surface area contributed by atoms with Gasteiger partial charge in [-0.05, 0) is 68.8 Å². The molecule has 2 atom stereocenters. The van der Waals surface area contributed by atoms with E-state index in [1.807, 2.05) is 12.1 Å². The minimum Gasteiger partial charge on any atom is -0.381 e. The van der Waals surface area contributed by atoms with E-state index in [0.29, 0.717) is 26.2 Å². The molecule has 0 radical (unpaired) electrons. The molecular weight excluding hydrogens is 538 g/mol. The number of likely N-dealkylation sites (tertiary alicyclic amines) is 1. The molecule has 10 heteroatoms. The van der Waals surface area contributed by atoms with Crippen LogP contribution in [-0.4, -0.2) is 79.1 Å². The second-order valence-electron chi connectivity index (χ2n) is 11.0. The van der Waals surface area contributed by atoms with Crippen LogP contribution in [-0.2, 0) is 32.0 Å². The Balaban J connectivity index is 1.40. The van der Waals surface area contributed by atoms with Crippen molar-refractivity contribution in [2.45, 2.75) is 77.3 Å². The zero-order chi connectivity index (χ0) is 29.0.